The number of anilines is 1. The van der Waals surface area contributed by atoms with Crippen molar-refractivity contribution in [1.29, 1.82) is 0 Å². The Morgan fingerprint density at radius 2 is 1.70 bits per heavy atom. The number of aryl methyl sites for hydroxylation is 1. The Kier molecular flexibility index (Phi) is 6.53. The van der Waals surface area contributed by atoms with Crippen molar-refractivity contribution in [2.75, 3.05) is 38.0 Å². The molecule has 8 nitrogen and oxygen atoms in total. The molecule has 0 bridgehead atoms. The van der Waals surface area contributed by atoms with Crippen molar-refractivity contribution in [3.63, 3.8) is 0 Å². The maximum atomic E-state index is 13.1. The van der Waals surface area contributed by atoms with Crippen LogP contribution in [-0.4, -0.2) is 62.2 Å². The van der Waals surface area contributed by atoms with E-state index in [-0.39, 0.29) is 17.3 Å². The molecular weight excluding hydrogens is 460 g/mol. The fourth-order valence-electron chi connectivity index (χ4n) is 3.99. The first-order chi connectivity index (χ1) is 15.7. The van der Waals surface area contributed by atoms with E-state index in [1.807, 2.05) is 42.2 Å². The molecule has 2 heterocycles. The first-order valence-corrected chi connectivity index (χ1v) is 12.8. The molecule has 0 radical (unpaired) electrons. The predicted molar refractivity (Wildman–Crippen MR) is 130 cm³/mol. The van der Waals surface area contributed by atoms with Crippen molar-refractivity contribution in [3.8, 4) is 0 Å². The van der Waals surface area contributed by atoms with Crippen LogP contribution in [-0.2, 0) is 14.8 Å². The number of benzene rings is 2. The highest BCUT2D eigenvalue weighted by Crippen LogP contribution is 2.32. The number of thiophene rings is 1. The molecule has 0 spiro atoms. The smallest absolute Gasteiger partial charge is 0.251 e. The molecule has 4 rings (SSSR count). The van der Waals surface area contributed by atoms with Crippen LogP contribution in [0, 0.1) is 13.8 Å². The van der Waals surface area contributed by atoms with E-state index in [2.05, 4.69) is 5.32 Å². The minimum absolute atomic E-state index is 0.109. The number of piperazine rings is 1. The van der Waals surface area contributed by atoms with Gasteiger partial charge in [0.25, 0.3) is 5.91 Å². The summed E-state index contributed by atoms with van der Waals surface area (Å²) in [5, 5.41) is 5.12. The fraction of sp³-hybridized carbons (Fsp3) is 0.304. The molecule has 2 amide bonds. The normalized spacial score (nSPS) is 15.6. The number of fused-ring (bicyclic) bond motifs is 1. The lowest BCUT2D eigenvalue weighted by Crippen LogP contribution is -2.50. The predicted octanol–water partition coefficient (Wildman–Crippen LogP) is 2.56. The fourth-order valence-corrected chi connectivity index (χ4v) is 6.53. The van der Waals surface area contributed by atoms with Crippen molar-refractivity contribution < 1.29 is 18.0 Å². The van der Waals surface area contributed by atoms with Crippen LogP contribution in [0.5, 0.6) is 0 Å². The maximum absolute atomic E-state index is 13.1. The molecule has 10 heteroatoms. The second kappa shape index (κ2) is 9.22. The van der Waals surface area contributed by atoms with E-state index >= 15 is 0 Å². The zero-order valence-corrected chi connectivity index (χ0v) is 20.1. The van der Waals surface area contributed by atoms with Crippen LogP contribution in [0.2, 0.25) is 0 Å². The number of carbonyl (C=O) groups excluding carboxylic acids is 2. The maximum Gasteiger partial charge on any atom is 0.251 e. The third kappa shape index (κ3) is 4.79. The number of sulfonamides is 1. The van der Waals surface area contributed by atoms with E-state index < -0.39 is 15.9 Å². The highest BCUT2D eigenvalue weighted by molar-refractivity contribution is 7.89. The van der Waals surface area contributed by atoms with Gasteiger partial charge in [-0.1, -0.05) is 30.3 Å². The summed E-state index contributed by atoms with van der Waals surface area (Å²) in [5.41, 5.74) is 6.58. The van der Waals surface area contributed by atoms with Crippen LogP contribution in [0.3, 0.4) is 0 Å². The molecule has 1 fully saturated rings. The van der Waals surface area contributed by atoms with Gasteiger partial charge in [-0.3, -0.25) is 14.5 Å². The number of nitrogens with one attached hydrogen (secondary N) is 1. The Balaban J connectivity index is 1.38. The van der Waals surface area contributed by atoms with Gasteiger partial charge >= 0.3 is 0 Å². The number of hydrogen-bond donors (Lipinski definition) is 2. The van der Waals surface area contributed by atoms with E-state index in [0.717, 1.165) is 21.2 Å². The molecule has 3 aromatic rings. The molecule has 0 saturated carbocycles. The largest absolute Gasteiger partial charge is 0.365 e. The Hall–Kier alpha value is -2.79. The van der Waals surface area contributed by atoms with Gasteiger partial charge in [0.15, 0.2) is 0 Å². The summed E-state index contributed by atoms with van der Waals surface area (Å²) in [5.74, 6) is -0.829. The second-order valence-corrected chi connectivity index (χ2v) is 11.3. The van der Waals surface area contributed by atoms with Crippen LogP contribution in [0.1, 0.15) is 20.8 Å². The molecular formula is C23H26N4O4S2. The number of rotatable bonds is 6. The monoisotopic (exact) mass is 486 g/mol. The van der Waals surface area contributed by atoms with Crippen molar-refractivity contribution in [1.82, 2.24) is 9.21 Å². The summed E-state index contributed by atoms with van der Waals surface area (Å²) < 4.78 is 27.7. The summed E-state index contributed by atoms with van der Waals surface area (Å²) in [6, 6.07) is 12.8. The van der Waals surface area contributed by atoms with Crippen LogP contribution in [0.15, 0.2) is 47.4 Å². The van der Waals surface area contributed by atoms with E-state index in [9.17, 15) is 18.0 Å². The van der Waals surface area contributed by atoms with Gasteiger partial charge in [0.05, 0.1) is 17.0 Å². The van der Waals surface area contributed by atoms with Crippen molar-refractivity contribution >= 4 is 48.9 Å². The number of nitrogens with two attached hydrogens (primary N) is 1. The SMILES string of the molecule is Cc1sc(NC(=O)CN2CCN(S(=O)(=O)c3ccc4ccccc4c3)CC2)c(C(N)=O)c1C. The summed E-state index contributed by atoms with van der Waals surface area (Å²) in [6.45, 7) is 5.25. The Labute approximate surface area is 197 Å². The summed E-state index contributed by atoms with van der Waals surface area (Å²) >= 11 is 1.32. The molecule has 0 aliphatic carbocycles. The highest BCUT2D eigenvalue weighted by Gasteiger charge is 2.29. The molecule has 1 aliphatic rings. The van der Waals surface area contributed by atoms with Crippen molar-refractivity contribution in [2.24, 2.45) is 5.73 Å². The Bertz CT molecular complexity index is 1330. The van der Waals surface area contributed by atoms with E-state index in [0.29, 0.717) is 36.7 Å². The first kappa shape index (κ1) is 23.4. The molecule has 2 aromatic carbocycles. The van der Waals surface area contributed by atoms with Crippen molar-refractivity contribution in [2.45, 2.75) is 18.7 Å². The van der Waals surface area contributed by atoms with Gasteiger partial charge in [0.1, 0.15) is 5.00 Å². The lowest BCUT2D eigenvalue weighted by atomic mass is 10.1. The lowest BCUT2D eigenvalue weighted by molar-refractivity contribution is -0.117. The summed E-state index contributed by atoms with van der Waals surface area (Å²) in [7, 11) is -3.61. The Morgan fingerprint density at radius 3 is 2.36 bits per heavy atom. The third-order valence-electron chi connectivity index (χ3n) is 5.94. The van der Waals surface area contributed by atoms with Gasteiger partial charge in [-0.25, -0.2) is 8.42 Å². The number of carbonyl (C=O) groups is 2. The van der Waals surface area contributed by atoms with Crippen LogP contribution in [0.4, 0.5) is 5.00 Å². The number of hydrogen-bond acceptors (Lipinski definition) is 6. The molecule has 0 unspecified atom stereocenters. The van der Waals surface area contributed by atoms with E-state index in [1.165, 1.54) is 15.6 Å². The molecule has 0 atom stereocenters. The minimum Gasteiger partial charge on any atom is -0.365 e. The standard InChI is InChI=1S/C23H26N4O4S2/c1-15-16(2)32-23(21(15)22(24)29)25-20(28)14-26-9-11-27(12-10-26)33(30,31)19-8-7-17-5-3-4-6-18(17)13-19/h3-8,13H,9-12,14H2,1-2H3,(H2,24,29)(H,25,28). The lowest BCUT2D eigenvalue weighted by Gasteiger charge is -2.33. The van der Waals surface area contributed by atoms with Gasteiger partial charge < -0.3 is 11.1 Å². The average molecular weight is 487 g/mol. The van der Waals surface area contributed by atoms with Gasteiger partial charge in [0.2, 0.25) is 15.9 Å². The number of amides is 2. The van der Waals surface area contributed by atoms with Gasteiger partial charge in [-0.15, -0.1) is 11.3 Å². The van der Waals surface area contributed by atoms with Gasteiger partial charge in [0, 0.05) is 31.1 Å². The summed E-state index contributed by atoms with van der Waals surface area (Å²) in [4.78, 5) is 27.4. The molecule has 3 N–H and O–H groups in total. The van der Waals surface area contributed by atoms with E-state index in [1.54, 1.807) is 19.1 Å². The molecule has 33 heavy (non-hydrogen) atoms. The Morgan fingerprint density at radius 1 is 1.03 bits per heavy atom. The average Bonchev–Trinajstić information content (AvgIpc) is 3.06. The highest BCUT2D eigenvalue weighted by atomic mass is 32.2. The number of primary amides is 1. The van der Waals surface area contributed by atoms with Crippen LogP contribution < -0.4 is 11.1 Å². The van der Waals surface area contributed by atoms with Gasteiger partial charge in [-0.2, -0.15) is 4.31 Å². The number of nitrogens with zero attached hydrogens (tertiary/aromatic N) is 2. The first-order valence-electron chi connectivity index (χ1n) is 10.6. The molecule has 1 aliphatic heterocycles. The third-order valence-corrected chi connectivity index (χ3v) is 8.96. The zero-order valence-electron chi connectivity index (χ0n) is 18.5. The molecule has 1 aromatic heterocycles. The van der Waals surface area contributed by atoms with Crippen molar-refractivity contribution in [3.05, 3.63) is 58.5 Å². The quantitative estimate of drug-likeness (QED) is 0.556. The molecule has 1 saturated heterocycles. The van der Waals surface area contributed by atoms with Gasteiger partial charge in [-0.05, 0) is 42.3 Å². The van der Waals surface area contributed by atoms with E-state index in [4.69, 9.17) is 5.73 Å². The second-order valence-electron chi connectivity index (χ2n) is 8.09. The minimum atomic E-state index is -3.61. The van der Waals surface area contributed by atoms with Crippen LogP contribution in [0.25, 0.3) is 10.8 Å². The zero-order chi connectivity index (χ0) is 23.8. The van der Waals surface area contributed by atoms with Crippen LogP contribution >= 0.6 is 11.3 Å². The summed E-state index contributed by atoms with van der Waals surface area (Å²) in [6.07, 6.45) is 0. The molecule has 174 valence electrons. The topological polar surface area (TPSA) is 113 Å².